The van der Waals surface area contributed by atoms with Crippen molar-refractivity contribution in [1.82, 2.24) is 4.90 Å². The normalized spacial score (nSPS) is 15.7. The number of aliphatic carboxylic acids is 1. The Morgan fingerprint density at radius 3 is 2.48 bits per heavy atom. The molecule has 21 heavy (non-hydrogen) atoms. The van der Waals surface area contributed by atoms with Gasteiger partial charge in [0.1, 0.15) is 5.69 Å². The first kappa shape index (κ1) is 14.8. The van der Waals surface area contributed by atoms with Crippen LogP contribution in [0.25, 0.3) is 0 Å². The SMILES string of the molecule is Nc1c(C(=O)N2CCC(C(=O)O)CC2)cccc1[N+](=O)[O-]. The second kappa shape index (κ2) is 5.78. The van der Waals surface area contributed by atoms with Gasteiger partial charge >= 0.3 is 5.97 Å². The van der Waals surface area contributed by atoms with Crippen LogP contribution in [0.2, 0.25) is 0 Å². The Morgan fingerprint density at radius 2 is 1.95 bits per heavy atom. The predicted octanol–water partition coefficient (Wildman–Crippen LogP) is 1.11. The second-order valence-corrected chi connectivity index (χ2v) is 4.90. The summed E-state index contributed by atoms with van der Waals surface area (Å²) in [4.78, 5) is 34.9. The number of likely N-dealkylation sites (tertiary alicyclic amines) is 1. The van der Waals surface area contributed by atoms with Gasteiger partial charge < -0.3 is 15.7 Å². The number of carbonyl (C=O) groups excluding carboxylic acids is 1. The van der Waals surface area contributed by atoms with E-state index in [4.69, 9.17) is 10.8 Å². The van der Waals surface area contributed by atoms with E-state index in [0.29, 0.717) is 25.9 Å². The van der Waals surface area contributed by atoms with Gasteiger partial charge in [-0.1, -0.05) is 6.07 Å². The highest BCUT2D eigenvalue weighted by Crippen LogP contribution is 2.27. The molecule has 2 rings (SSSR count). The van der Waals surface area contributed by atoms with E-state index in [9.17, 15) is 19.7 Å². The summed E-state index contributed by atoms with van der Waals surface area (Å²) in [6.45, 7) is 0.607. The van der Waals surface area contributed by atoms with Gasteiger partial charge in [-0.05, 0) is 18.9 Å². The summed E-state index contributed by atoms with van der Waals surface area (Å²) in [7, 11) is 0. The molecular formula is C13H15N3O5. The molecule has 0 unspecified atom stereocenters. The highest BCUT2D eigenvalue weighted by atomic mass is 16.6. The number of carboxylic acids is 1. The lowest BCUT2D eigenvalue weighted by molar-refractivity contribution is -0.383. The van der Waals surface area contributed by atoms with Crippen molar-refractivity contribution >= 4 is 23.3 Å². The number of para-hydroxylation sites is 1. The Bertz CT molecular complexity index is 593. The van der Waals surface area contributed by atoms with Crippen LogP contribution in [-0.4, -0.2) is 39.9 Å². The van der Waals surface area contributed by atoms with Gasteiger partial charge in [0.2, 0.25) is 0 Å². The molecule has 8 nitrogen and oxygen atoms in total. The quantitative estimate of drug-likeness (QED) is 0.488. The van der Waals surface area contributed by atoms with Gasteiger partial charge in [0.25, 0.3) is 11.6 Å². The number of nitro groups is 1. The van der Waals surface area contributed by atoms with Gasteiger partial charge in [-0.25, -0.2) is 0 Å². The van der Waals surface area contributed by atoms with Crippen molar-refractivity contribution in [3.05, 3.63) is 33.9 Å². The fraction of sp³-hybridized carbons (Fsp3) is 0.385. The summed E-state index contributed by atoms with van der Waals surface area (Å²) >= 11 is 0. The van der Waals surface area contributed by atoms with E-state index in [-0.39, 0.29) is 16.9 Å². The molecule has 1 saturated heterocycles. The zero-order valence-electron chi connectivity index (χ0n) is 11.2. The number of hydrogen-bond acceptors (Lipinski definition) is 5. The molecule has 1 aromatic rings. The molecule has 1 heterocycles. The maximum Gasteiger partial charge on any atom is 0.306 e. The summed E-state index contributed by atoms with van der Waals surface area (Å²) in [5, 5.41) is 19.7. The lowest BCUT2D eigenvalue weighted by Gasteiger charge is -2.30. The van der Waals surface area contributed by atoms with Gasteiger partial charge in [-0.15, -0.1) is 0 Å². The third-order valence-electron chi connectivity index (χ3n) is 3.64. The average molecular weight is 293 g/mol. The van der Waals surface area contributed by atoms with Gasteiger partial charge in [-0.2, -0.15) is 0 Å². The molecule has 0 aromatic heterocycles. The van der Waals surface area contributed by atoms with Gasteiger partial charge in [0.15, 0.2) is 0 Å². The van der Waals surface area contributed by atoms with Gasteiger partial charge in [-0.3, -0.25) is 19.7 Å². The number of carboxylic acid groups (broad SMARTS) is 1. The van der Waals surface area contributed by atoms with Crippen molar-refractivity contribution in [3.63, 3.8) is 0 Å². The third-order valence-corrected chi connectivity index (χ3v) is 3.64. The standard InChI is InChI=1S/C13H15N3O5/c14-11-9(2-1-3-10(11)16(20)21)12(17)15-6-4-8(5-7-15)13(18)19/h1-3,8H,4-7,14H2,(H,18,19). The lowest BCUT2D eigenvalue weighted by atomic mass is 9.96. The molecule has 0 atom stereocenters. The van der Waals surface area contributed by atoms with Crippen molar-refractivity contribution in [2.24, 2.45) is 5.92 Å². The number of nitrogen functional groups attached to an aromatic ring is 1. The molecule has 8 heteroatoms. The van der Waals surface area contributed by atoms with Crippen LogP contribution >= 0.6 is 0 Å². The van der Waals surface area contributed by atoms with Crippen LogP contribution in [0.4, 0.5) is 11.4 Å². The topological polar surface area (TPSA) is 127 Å². The van der Waals surface area contributed by atoms with Crippen molar-refractivity contribution in [3.8, 4) is 0 Å². The zero-order valence-corrected chi connectivity index (χ0v) is 11.2. The Balaban J connectivity index is 2.17. The summed E-state index contributed by atoms with van der Waals surface area (Å²) in [5.74, 6) is -1.71. The molecule has 1 aliphatic rings. The first-order valence-electron chi connectivity index (χ1n) is 6.46. The molecule has 0 bridgehead atoms. The van der Waals surface area contributed by atoms with Crippen molar-refractivity contribution in [2.45, 2.75) is 12.8 Å². The van der Waals surface area contributed by atoms with Crippen LogP contribution in [0.3, 0.4) is 0 Å². The molecular weight excluding hydrogens is 278 g/mol. The minimum Gasteiger partial charge on any atom is -0.481 e. The van der Waals surface area contributed by atoms with E-state index in [2.05, 4.69) is 0 Å². The number of piperidine rings is 1. The average Bonchev–Trinajstić information content (AvgIpc) is 2.46. The maximum atomic E-state index is 12.3. The number of benzene rings is 1. The number of nitrogens with zero attached hydrogens (tertiary/aromatic N) is 2. The second-order valence-electron chi connectivity index (χ2n) is 4.90. The molecule has 1 aliphatic heterocycles. The first-order valence-corrected chi connectivity index (χ1v) is 6.46. The van der Waals surface area contributed by atoms with Gasteiger partial charge in [0.05, 0.1) is 16.4 Å². The van der Waals surface area contributed by atoms with Crippen molar-refractivity contribution in [2.75, 3.05) is 18.8 Å². The van der Waals surface area contributed by atoms with Crippen LogP contribution in [0, 0.1) is 16.0 Å². The summed E-state index contributed by atoms with van der Waals surface area (Å²) in [6.07, 6.45) is 0.742. The van der Waals surface area contributed by atoms with Crippen LogP contribution in [-0.2, 0) is 4.79 Å². The van der Waals surface area contributed by atoms with Crippen molar-refractivity contribution in [1.29, 1.82) is 0 Å². The molecule has 112 valence electrons. The van der Waals surface area contributed by atoms with E-state index >= 15 is 0 Å². The first-order chi connectivity index (χ1) is 9.91. The molecule has 1 aromatic carbocycles. The molecule has 3 N–H and O–H groups in total. The van der Waals surface area contributed by atoms with Crippen LogP contribution in [0.15, 0.2) is 18.2 Å². The van der Waals surface area contributed by atoms with E-state index in [1.54, 1.807) is 0 Å². The maximum absolute atomic E-state index is 12.3. The highest BCUT2D eigenvalue weighted by molar-refractivity contribution is 6.01. The number of amides is 1. The van der Waals surface area contributed by atoms with Crippen LogP contribution in [0.5, 0.6) is 0 Å². The van der Waals surface area contributed by atoms with Crippen molar-refractivity contribution < 1.29 is 19.6 Å². The fourth-order valence-electron chi connectivity index (χ4n) is 2.40. The Morgan fingerprint density at radius 1 is 1.33 bits per heavy atom. The van der Waals surface area contributed by atoms with E-state index in [1.165, 1.54) is 23.1 Å². The summed E-state index contributed by atoms with van der Waals surface area (Å²) < 4.78 is 0. The Hall–Kier alpha value is -2.64. The van der Waals surface area contributed by atoms with E-state index in [0.717, 1.165) is 0 Å². The van der Waals surface area contributed by atoms with E-state index < -0.39 is 22.7 Å². The number of nitrogens with two attached hydrogens (primary N) is 1. The smallest absolute Gasteiger partial charge is 0.306 e. The summed E-state index contributed by atoms with van der Waals surface area (Å²) in [5.41, 5.74) is 5.30. The minimum atomic E-state index is -0.864. The van der Waals surface area contributed by atoms with E-state index in [1.807, 2.05) is 0 Å². The number of rotatable bonds is 3. The third kappa shape index (κ3) is 2.93. The van der Waals surface area contributed by atoms with Crippen LogP contribution in [0.1, 0.15) is 23.2 Å². The molecule has 1 fully saturated rings. The Kier molecular flexibility index (Phi) is 4.06. The predicted molar refractivity (Wildman–Crippen MR) is 73.8 cm³/mol. The Labute approximate surface area is 120 Å². The lowest BCUT2D eigenvalue weighted by Crippen LogP contribution is -2.40. The molecule has 0 spiro atoms. The monoisotopic (exact) mass is 293 g/mol. The molecule has 0 aliphatic carbocycles. The largest absolute Gasteiger partial charge is 0.481 e. The number of anilines is 1. The zero-order chi connectivity index (χ0) is 15.6. The number of carbonyl (C=O) groups is 2. The number of nitro benzene ring substituents is 1. The summed E-state index contributed by atoms with van der Waals surface area (Å²) in [6, 6.07) is 4.09. The van der Waals surface area contributed by atoms with Crippen LogP contribution < -0.4 is 5.73 Å². The molecule has 1 amide bonds. The molecule has 0 saturated carbocycles. The minimum absolute atomic E-state index is 0.0815. The molecule has 0 radical (unpaired) electrons. The fourth-order valence-corrected chi connectivity index (χ4v) is 2.40. The highest BCUT2D eigenvalue weighted by Gasteiger charge is 2.29. The van der Waals surface area contributed by atoms with Gasteiger partial charge in [0, 0.05) is 19.2 Å². The number of hydrogen-bond donors (Lipinski definition) is 2.